The normalized spacial score (nSPS) is 15.1. The van der Waals surface area contributed by atoms with E-state index < -0.39 is 0 Å². The van der Waals surface area contributed by atoms with Crippen LogP contribution in [0.15, 0.2) is 47.3 Å². The molecule has 7 heteroatoms. The highest BCUT2D eigenvalue weighted by molar-refractivity contribution is 5.65. The van der Waals surface area contributed by atoms with Crippen molar-refractivity contribution in [1.29, 1.82) is 0 Å². The van der Waals surface area contributed by atoms with E-state index in [9.17, 15) is 9.18 Å². The van der Waals surface area contributed by atoms with Gasteiger partial charge in [-0.1, -0.05) is 12.1 Å². The Morgan fingerprint density at radius 2 is 1.90 bits per heavy atom. The molecule has 1 aromatic heterocycles. The average molecular weight is 395 g/mol. The Bertz CT molecular complexity index is 1130. The van der Waals surface area contributed by atoms with Gasteiger partial charge >= 0.3 is 0 Å². The maximum Gasteiger partial charge on any atom is 0.274 e. The van der Waals surface area contributed by atoms with Crippen molar-refractivity contribution in [2.45, 2.75) is 25.8 Å². The maximum absolute atomic E-state index is 13.8. The molecule has 1 aliphatic heterocycles. The van der Waals surface area contributed by atoms with Crippen LogP contribution in [0.3, 0.4) is 0 Å². The first kappa shape index (κ1) is 19.0. The molecule has 150 valence electrons. The van der Waals surface area contributed by atoms with Crippen molar-refractivity contribution < 1.29 is 13.9 Å². The molecular formula is C22H22FN3O3. The van der Waals surface area contributed by atoms with Crippen LogP contribution >= 0.6 is 0 Å². The van der Waals surface area contributed by atoms with Gasteiger partial charge in [0.25, 0.3) is 5.56 Å². The van der Waals surface area contributed by atoms with E-state index in [1.165, 1.54) is 12.1 Å². The first-order valence-electron chi connectivity index (χ1n) is 9.37. The smallest absolute Gasteiger partial charge is 0.274 e. The van der Waals surface area contributed by atoms with Crippen molar-refractivity contribution in [2.75, 3.05) is 19.5 Å². The number of nitrogens with zero attached hydrogens (tertiary/aromatic N) is 2. The molecule has 0 saturated heterocycles. The number of hydrogen-bond donors (Lipinski definition) is 1. The molecule has 1 atom stereocenters. The van der Waals surface area contributed by atoms with Gasteiger partial charge in [-0.3, -0.25) is 4.79 Å². The third-order valence-corrected chi connectivity index (χ3v) is 5.24. The van der Waals surface area contributed by atoms with Crippen LogP contribution in [0.2, 0.25) is 0 Å². The van der Waals surface area contributed by atoms with Gasteiger partial charge in [-0.05, 0) is 49.1 Å². The maximum atomic E-state index is 13.8. The molecule has 29 heavy (non-hydrogen) atoms. The Morgan fingerprint density at radius 1 is 1.14 bits per heavy atom. The quantitative estimate of drug-likeness (QED) is 0.708. The summed E-state index contributed by atoms with van der Waals surface area (Å²) in [7, 11) is 3.15. The second-order valence-corrected chi connectivity index (χ2v) is 7.04. The predicted octanol–water partition coefficient (Wildman–Crippen LogP) is 3.99. The lowest BCUT2D eigenvalue weighted by atomic mass is 10.0. The first-order valence-corrected chi connectivity index (χ1v) is 9.37. The highest BCUT2D eigenvalue weighted by Crippen LogP contribution is 2.37. The molecular weight excluding hydrogens is 373 g/mol. The number of aryl methyl sites for hydroxylation is 2. The second kappa shape index (κ2) is 7.58. The molecule has 2 heterocycles. The van der Waals surface area contributed by atoms with E-state index in [0.29, 0.717) is 17.4 Å². The van der Waals surface area contributed by atoms with Crippen molar-refractivity contribution in [3.8, 4) is 11.5 Å². The number of methoxy groups -OCH3 is 2. The van der Waals surface area contributed by atoms with E-state index in [1.807, 2.05) is 29.7 Å². The Labute approximate surface area is 167 Å². The van der Waals surface area contributed by atoms with Crippen LogP contribution in [-0.2, 0) is 6.42 Å². The summed E-state index contributed by atoms with van der Waals surface area (Å²) in [5.41, 5.74) is 3.08. The lowest BCUT2D eigenvalue weighted by Crippen LogP contribution is -2.19. The summed E-state index contributed by atoms with van der Waals surface area (Å²) in [5, 5.41) is 3.28. The fraction of sp³-hybridized carbons (Fsp3) is 0.273. The topological polar surface area (TPSA) is 65.4 Å². The van der Waals surface area contributed by atoms with Gasteiger partial charge in [0, 0.05) is 23.5 Å². The van der Waals surface area contributed by atoms with Crippen LogP contribution in [0.4, 0.5) is 16.0 Å². The van der Waals surface area contributed by atoms with Crippen LogP contribution in [0, 0.1) is 12.7 Å². The van der Waals surface area contributed by atoms with E-state index in [0.717, 1.165) is 35.3 Å². The summed E-state index contributed by atoms with van der Waals surface area (Å²) in [4.78, 5) is 16.4. The number of ether oxygens (including phenoxy) is 2. The molecule has 0 bridgehead atoms. The number of hydrogen-bond acceptors (Lipinski definition) is 5. The summed E-state index contributed by atoms with van der Waals surface area (Å²) in [5.74, 6) is 1.34. The number of rotatable bonds is 5. The standard InChI is InChI=1S/C22H22FN3O3/c1-13-9-19(28-2)20(29-3)12-17(13)24-22-25-21(27)11-16-7-8-18(26(16)22)14-5-4-6-15(23)10-14/h4-6,9-12,18H,7-8H2,1-3H3,(H,24,25,27). The minimum absolute atomic E-state index is 0.100. The number of benzene rings is 2. The van der Waals surface area contributed by atoms with E-state index in [4.69, 9.17) is 9.47 Å². The minimum Gasteiger partial charge on any atom is -0.493 e. The molecule has 2 aromatic carbocycles. The Balaban J connectivity index is 1.80. The van der Waals surface area contributed by atoms with Crippen LogP contribution in [0.5, 0.6) is 11.5 Å². The molecule has 6 nitrogen and oxygen atoms in total. The summed E-state index contributed by atoms with van der Waals surface area (Å²) in [6, 6.07) is 11.7. The van der Waals surface area contributed by atoms with Crippen molar-refractivity contribution in [2.24, 2.45) is 0 Å². The molecule has 3 aromatic rings. The van der Waals surface area contributed by atoms with E-state index in [-0.39, 0.29) is 17.4 Å². The monoisotopic (exact) mass is 395 g/mol. The largest absolute Gasteiger partial charge is 0.493 e. The number of aromatic nitrogens is 2. The van der Waals surface area contributed by atoms with Crippen molar-refractivity contribution in [1.82, 2.24) is 9.55 Å². The van der Waals surface area contributed by atoms with Gasteiger partial charge in [0.05, 0.1) is 20.3 Å². The SMILES string of the molecule is COc1cc(C)c(Nc2nc(=O)cc3n2C(c2cccc(F)c2)CC3)cc1OC. The zero-order valence-electron chi connectivity index (χ0n) is 16.5. The molecule has 4 rings (SSSR count). The Kier molecular flexibility index (Phi) is 4.96. The third kappa shape index (κ3) is 3.55. The lowest BCUT2D eigenvalue weighted by Gasteiger charge is -2.21. The number of nitrogens with one attached hydrogen (secondary N) is 1. The molecule has 0 amide bonds. The molecule has 0 fully saturated rings. The van der Waals surface area contributed by atoms with Crippen LogP contribution < -0.4 is 20.3 Å². The van der Waals surface area contributed by atoms with Gasteiger partial charge in [0.15, 0.2) is 11.5 Å². The summed E-state index contributed by atoms with van der Waals surface area (Å²) < 4.78 is 26.5. The van der Waals surface area contributed by atoms with E-state index in [2.05, 4.69) is 10.3 Å². The highest BCUT2D eigenvalue weighted by Gasteiger charge is 2.27. The van der Waals surface area contributed by atoms with Crippen molar-refractivity contribution in [3.05, 3.63) is 75.5 Å². The minimum atomic E-state index is -0.309. The number of halogens is 1. The average Bonchev–Trinajstić information content (AvgIpc) is 3.13. The van der Waals surface area contributed by atoms with Gasteiger partial charge in [-0.2, -0.15) is 4.98 Å². The van der Waals surface area contributed by atoms with Crippen LogP contribution in [0.1, 0.15) is 29.3 Å². The van der Waals surface area contributed by atoms with Crippen molar-refractivity contribution in [3.63, 3.8) is 0 Å². The van der Waals surface area contributed by atoms with Crippen LogP contribution in [-0.4, -0.2) is 23.8 Å². The van der Waals surface area contributed by atoms with Crippen molar-refractivity contribution >= 4 is 11.6 Å². The van der Waals surface area contributed by atoms with E-state index >= 15 is 0 Å². The van der Waals surface area contributed by atoms with Gasteiger partial charge in [-0.15, -0.1) is 0 Å². The fourth-order valence-electron chi connectivity index (χ4n) is 3.85. The summed E-state index contributed by atoms with van der Waals surface area (Å²) in [6.07, 6.45) is 1.49. The van der Waals surface area contributed by atoms with Crippen LogP contribution in [0.25, 0.3) is 0 Å². The molecule has 0 spiro atoms. The Morgan fingerprint density at radius 3 is 2.62 bits per heavy atom. The number of fused-ring (bicyclic) bond motifs is 1. The van der Waals surface area contributed by atoms with E-state index in [1.54, 1.807) is 26.4 Å². The number of anilines is 2. The molecule has 0 saturated carbocycles. The highest BCUT2D eigenvalue weighted by atomic mass is 19.1. The lowest BCUT2D eigenvalue weighted by molar-refractivity contribution is 0.355. The molecule has 1 aliphatic rings. The van der Waals surface area contributed by atoms with Gasteiger partial charge in [0.2, 0.25) is 5.95 Å². The van der Waals surface area contributed by atoms with Gasteiger partial charge < -0.3 is 19.4 Å². The van der Waals surface area contributed by atoms with Gasteiger partial charge in [0.1, 0.15) is 5.82 Å². The summed E-state index contributed by atoms with van der Waals surface area (Å²) in [6.45, 7) is 1.93. The first-order chi connectivity index (χ1) is 14.0. The zero-order chi connectivity index (χ0) is 20.5. The predicted molar refractivity (Wildman–Crippen MR) is 109 cm³/mol. The fourth-order valence-corrected chi connectivity index (χ4v) is 3.85. The molecule has 1 unspecified atom stereocenters. The Hall–Kier alpha value is -3.35. The molecule has 1 N–H and O–H groups in total. The zero-order valence-corrected chi connectivity index (χ0v) is 16.5. The third-order valence-electron chi connectivity index (χ3n) is 5.24. The second-order valence-electron chi connectivity index (χ2n) is 7.04. The molecule has 0 radical (unpaired) electrons. The molecule has 0 aliphatic carbocycles. The van der Waals surface area contributed by atoms with Gasteiger partial charge in [-0.25, -0.2) is 4.39 Å². The summed E-state index contributed by atoms with van der Waals surface area (Å²) >= 11 is 0.